The summed E-state index contributed by atoms with van der Waals surface area (Å²) >= 11 is 0. The summed E-state index contributed by atoms with van der Waals surface area (Å²) in [6, 6.07) is 9.99. The Morgan fingerprint density at radius 1 is 1.42 bits per heavy atom. The molecule has 0 saturated carbocycles. The van der Waals surface area contributed by atoms with Crippen LogP contribution < -0.4 is 10.4 Å². The molecule has 0 aromatic heterocycles. The van der Waals surface area contributed by atoms with Crippen LogP contribution in [0.1, 0.15) is 18.9 Å². The third-order valence-electron chi connectivity index (χ3n) is 3.10. The number of nitrogens with two attached hydrogens (primary N) is 1. The zero-order chi connectivity index (χ0) is 13.7. The van der Waals surface area contributed by atoms with Crippen LogP contribution in [0.2, 0.25) is 0 Å². The van der Waals surface area contributed by atoms with Gasteiger partial charge in [0.2, 0.25) is 0 Å². The van der Waals surface area contributed by atoms with Crippen molar-refractivity contribution in [1.29, 1.82) is 0 Å². The maximum atomic E-state index is 11.7. The number of rotatable bonds is 5. The zero-order valence-electron chi connectivity index (χ0n) is 11.0. The molecule has 3 atom stereocenters. The maximum Gasteiger partial charge on any atom is 0.340 e. The van der Waals surface area contributed by atoms with Crippen LogP contribution in [0.15, 0.2) is 30.3 Å². The van der Waals surface area contributed by atoms with Gasteiger partial charge in [0.05, 0.1) is 12.8 Å². The standard InChI is InChI=1S/C14H18NO4/c1-2-18-14(17)12-13(16)15-11(19-12)9-8-10-6-4-3-5-7-10/h3-7,11-13,15H,2,8-9H2,1H3/q-1/p+1. The highest BCUT2D eigenvalue weighted by atomic mass is 16.6. The smallest absolute Gasteiger partial charge is 0.340 e. The highest BCUT2D eigenvalue weighted by Crippen LogP contribution is 2.10. The molecule has 1 aromatic carbocycles. The molecule has 0 aliphatic carbocycles. The Kier molecular flexibility index (Phi) is 4.90. The van der Waals surface area contributed by atoms with Crippen molar-refractivity contribution < 1.29 is 24.7 Å². The fraction of sp³-hybridized carbons (Fsp3) is 0.500. The van der Waals surface area contributed by atoms with Crippen molar-refractivity contribution in [2.75, 3.05) is 6.61 Å². The van der Waals surface area contributed by atoms with Crippen LogP contribution in [0.25, 0.3) is 0 Å². The lowest BCUT2D eigenvalue weighted by Crippen LogP contribution is -2.96. The number of ether oxygens (including phenoxy) is 2. The molecular weight excluding hydrogens is 246 g/mol. The van der Waals surface area contributed by atoms with Crippen molar-refractivity contribution in [3.63, 3.8) is 0 Å². The van der Waals surface area contributed by atoms with Gasteiger partial charge in [-0.2, -0.15) is 0 Å². The highest BCUT2D eigenvalue weighted by molar-refractivity contribution is 5.75. The number of benzene rings is 1. The van der Waals surface area contributed by atoms with Crippen molar-refractivity contribution in [3.05, 3.63) is 35.9 Å². The zero-order valence-corrected chi connectivity index (χ0v) is 11.0. The molecule has 104 valence electrons. The quantitative estimate of drug-likeness (QED) is 0.704. The van der Waals surface area contributed by atoms with E-state index in [9.17, 15) is 9.90 Å². The first-order valence-corrected chi connectivity index (χ1v) is 6.57. The average molecular weight is 265 g/mol. The number of esters is 1. The van der Waals surface area contributed by atoms with Gasteiger partial charge in [-0.25, -0.2) is 4.79 Å². The van der Waals surface area contributed by atoms with Crippen LogP contribution in [-0.2, 0) is 20.7 Å². The van der Waals surface area contributed by atoms with Crippen molar-refractivity contribution in [3.8, 4) is 0 Å². The average Bonchev–Trinajstić information content (AvgIpc) is 2.79. The minimum Gasteiger partial charge on any atom is -0.804 e. The summed E-state index contributed by atoms with van der Waals surface area (Å²) in [5, 5.41) is 13.3. The third-order valence-corrected chi connectivity index (χ3v) is 3.10. The van der Waals surface area contributed by atoms with Gasteiger partial charge in [-0.1, -0.05) is 30.3 Å². The molecule has 1 fully saturated rings. The lowest BCUT2D eigenvalue weighted by atomic mass is 10.1. The summed E-state index contributed by atoms with van der Waals surface area (Å²) in [4.78, 5) is 11.5. The van der Waals surface area contributed by atoms with E-state index in [0.717, 1.165) is 6.42 Å². The maximum absolute atomic E-state index is 11.7. The van der Waals surface area contributed by atoms with Crippen LogP contribution >= 0.6 is 0 Å². The minimum absolute atomic E-state index is 0.264. The van der Waals surface area contributed by atoms with E-state index in [1.165, 1.54) is 5.56 Å². The van der Waals surface area contributed by atoms with Gasteiger partial charge < -0.3 is 19.9 Å². The van der Waals surface area contributed by atoms with Gasteiger partial charge in [-0.15, -0.1) is 0 Å². The van der Waals surface area contributed by atoms with E-state index in [-0.39, 0.29) is 12.8 Å². The van der Waals surface area contributed by atoms with Gasteiger partial charge in [0.15, 0.2) is 12.3 Å². The molecule has 0 bridgehead atoms. The molecule has 5 nitrogen and oxygen atoms in total. The van der Waals surface area contributed by atoms with Crippen LogP contribution in [0.4, 0.5) is 0 Å². The van der Waals surface area contributed by atoms with E-state index < -0.39 is 18.3 Å². The third kappa shape index (κ3) is 3.76. The predicted octanol–water partition coefficient (Wildman–Crippen LogP) is -0.843. The highest BCUT2D eigenvalue weighted by Gasteiger charge is 2.37. The van der Waals surface area contributed by atoms with Crippen molar-refractivity contribution in [1.82, 2.24) is 0 Å². The van der Waals surface area contributed by atoms with Crippen LogP contribution in [-0.4, -0.2) is 31.1 Å². The Hall–Kier alpha value is -1.43. The second-order valence-electron chi connectivity index (χ2n) is 4.53. The van der Waals surface area contributed by atoms with Crippen molar-refractivity contribution in [2.45, 2.75) is 38.3 Å². The van der Waals surface area contributed by atoms with Crippen LogP contribution in [0.5, 0.6) is 0 Å². The number of aryl methyl sites for hydroxylation is 1. The molecule has 0 spiro atoms. The Bertz CT molecular complexity index is 409. The van der Waals surface area contributed by atoms with E-state index in [1.54, 1.807) is 12.2 Å². The molecule has 1 saturated heterocycles. The lowest BCUT2D eigenvalue weighted by molar-refractivity contribution is -0.821. The number of hydrogen-bond donors (Lipinski definition) is 1. The second-order valence-corrected chi connectivity index (χ2v) is 4.53. The number of carbonyl (C=O) groups is 1. The molecule has 1 aromatic rings. The minimum atomic E-state index is -1.13. The summed E-state index contributed by atoms with van der Waals surface area (Å²) in [6.45, 7) is 1.98. The van der Waals surface area contributed by atoms with Crippen LogP contribution in [0, 0.1) is 0 Å². The summed E-state index contributed by atoms with van der Waals surface area (Å²) in [6.07, 6.45) is -0.846. The molecule has 1 aliphatic heterocycles. The first-order chi connectivity index (χ1) is 9.20. The van der Waals surface area contributed by atoms with Gasteiger partial charge in [0.1, 0.15) is 0 Å². The summed E-state index contributed by atoms with van der Waals surface area (Å²) < 4.78 is 10.3. The van der Waals surface area contributed by atoms with Crippen molar-refractivity contribution in [2.24, 2.45) is 0 Å². The van der Waals surface area contributed by atoms with Gasteiger partial charge in [0.25, 0.3) is 0 Å². The van der Waals surface area contributed by atoms with E-state index in [1.807, 2.05) is 30.3 Å². The lowest BCUT2D eigenvalue weighted by Gasteiger charge is -2.16. The summed E-state index contributed by atoms with van der Waals surface area (Å²) in [5.41, 5.74) is 1.20. The van der Waals surface area contributed by atoms with E-state index >= 15 is 0 Å². The van der Waals surface area contributed by atoms with E-state index in [4.69, 9.17) is 9.47 Å². The van der Waals surface area contributed by atoms with E-state index in [0.29, 0.717) is 6.42 Å². The monoisotopic (exact) mass is 265 g/mol. The Morgan fingerprint density at radius 2 is 2.16 bits per heavy atom. The molecular formula is C14H19NO4. The normalized spacial score (nSPS) is 26.3. The first kappa shape index (κ1) is 14.0. The van der Waals surface area contributed by atoms with Gasteiger partial charge in [0, 0.05) is 6.42 Å². The Labute approximate surface area is 112 Å². The topological polar surface area (TPSA) is 75.2 Å². The summed E-state index contributed by atoms with van der Waals surface area (Å²) in [7, 11) is 0. The Balaban J connectivity index is 1.82. The Morgan fingerprint density at radius 3 is 2.84 bits per heavy atom. The van der Waals surface area contributed by atoms with E-state index in [2.05, 4.69) is 0 Å². The number of hydrogen-bond acceptors (Lipinski definition) is 4. The summed E-state index contributed by atoms with van der Waals surface area (Å²) in [5.74, 6) is -0.555. The van der Waals surface area contributed by atoms with Crippen LogP contribution in [0.3, 0.4) is 0 Å². The molecule has 1 heterocycles. The molecule has 19 heavy (non-hydrogen) atoms. The number of quaternary nitrogens is 1. The van der Waals surface area contributed by atoms with Crippen molar-refractivity contribution >= 4 is 5.97 Å². The van der Waals surface area contributed by atoms with Gasteiger partial charge >= 0.3 is 5.97 Å². The largest absolute Gasteiger partial charge is 0.804 e. The molecule has 2 N–H and O–H groups in total. The SMILES string of the molecule is CCOC(=O)C1OC(CCc2ccccc2)[NH2+]C1[O-]. The molecule has 1 aliphatic rings. The fourth-order valence-corrected chi connectivity index (χ4v) is 2.16. The fourth-order valence-electron chi connectivity index (χ4n) is 2.16. The molecule has 3 unspecified atom stereocenters. The first-order valence-electron chi connectivity index (χ1n) is 6.57. The molecule has 5 heteroatoms. The molecule has 0 radical (unpaired) electrons. The molecule has 2 rings (SSSR count). The molecule has 0 amide bonds. The number of carbonyl (C=O) groups excluding carboxylic acids is 1. The predicted molar refractivity (Wildman–Crippen MR) is 65.8 cm³/mol. The van der Waals surface area contributed by atoms with Gasteiger partial charge in [-0.3, -0.25) is 0 Å². The van der Waals surface area contributed by atoms with Gasteiger partial charge in [-0.05, 0) is 18.9 Å². The second kappa shape index (κ2) is 6.65.